The predicted octanol–water partition coefficient (Wildman–Crippen LogP) is 5.86. The molecular formula is C18H36ClN. The highest BCUT2D eigenvalue weighted by Crippen LogP contribution is 2.20. The van der Waals surface area contributed by atoms with E-state index in [2.05, 4.69) is 11.8 Å². The van der Waals surface area contributed by atoms with Crippen molar-refractivity contribution >= 4 is 11.6 Å². The van der Waals surface area contributed by atoms with Crippen molar-refractivity contribution in [1.82, 2.24) is 4.90 Å². The Morgan fingerprint density at radius 3 is 2.10 bits per heavy atom. The van der Waals surface area contributed by atoms with Gasteiger partial charge in [0.25, 0.3) is 0 Å². The van der Waals surface area contributed by atoms with E-state index in [-0.39, 0.29) is 0 Å². The van der Waals surface area contributed by atoms with Crippen LogP contribution >= 0.6 is 11.6 Å². The summed E-state index contributed by atoms with van der Waals surface area (Å²) in [4.78, 5) is 2.65. The van der Waals surface area contributed by atoms with Gasteiger partial charge >= 0.3 is 0 Å². The van der Waals surface area contributed by atoms with Crippen LogP contribution in [0.1, 0.15) is 84.0 Å². The van der Waals surface area contributed by atoms with Crippen molar-refractivity contribution in [3.05, 3.63) is 0 Å². The van der Waals surface area contributed by atoms with Crippen LogP contribution in [0.25, 0.3) is 0 Å². The molecule has 0 spiro atoms. The van der Waals surface area contributed by atoms with Crippen LogP contribution in [0.4, 0.5) is 0 Å². The second-order valence-corrected chi connectivity index (χ2v) is 6.99. The first-order valence-corrected chi connectivity index (χ1v) is 9.68. The average molecular weight is 302 g/mol. The van der Waals surface area contributed by atoms with E-state index in [1.54, 1.807) is 0 Å². The monoisotopic (exact) mass is 301 g/mol. The largest absolute Gasteiger partial charge is 0.303 e. The second-order valence-electron chi connectivity index (χ2n) is 6.61. The third-order valence-corrected chi connectivity index (χ3v) is 4.93. The molecule has 1 saturated heterocycles. The molecule has 1 nitrogen and oxygen atoms in total. The first-order valence-electron chi connectivity index (χ1n) is 9.15. The first kappa shape index (κ1) is 18.3. The Kier molecular flexibility index (Phi) is 11.8. The molecule has 1 rings (SSSR count). The smallest absolute Gasteiger partial charge is 0.0226 e. The zero-order valence-corrected chi connectivity index (χ0v) is 14.5. The lowest BCUT2D eigenvalue weighted by molar-refractivity contribution is 0.313. The number of hydrogen-bond donors (Lipinski definition) is 0. The zero-order chi connectivity index (χ0) is 14.5. The van der Waals surface area contributed by atoms with Crippen molar-refractivity contribution in [1.29, 1.82) is 0 Å². The summed E-state index contributed by atoms with van der Waals surface area (Å²) in [6.45, 7) is 6.25. The molecular weight excluding hydrogens is 266 g/mol. The molecule has 1 atom stereocenters. The van der Waals surface area contributed by atoms with Gasteiger partial charge in [-0.3, -0.25) is 0 Å². The standard InChI is InChI=1S/C18H36ClN/c1-2-3-4-5-6-7-8-9-10-11-15-20-16-13-18(17-20)12-14-19/h18H,2-17H2,1H3. The molecule has 2 heteroatoms. The van der Waals surface area contributed by atoms with Crippen LogP contribution in [-0.4, -0.2) is 30.4 Å². The fourth-order valence-corrected chi connectivity index (χ4v) is 3.64. The van der Waals surface area contributed by atoms with Crippen molar-refractivity contribution in [2.24, 2.45) is 5.92 Å². The molecule has 1 heterocycles. The summed E-state index contributed by atoms with van der Waals surface area (Å²) in [5.41, 5.74) is 0. The molecule has 1 fully saturated rings. The molecule has 20 heavy (non-hydrogen) atoms. The van der Waals surface area contributed by atoms with E-state index in [1.807, 2.05) is 0 Å². The van der Waals surface area contributed by atoms with Crippen LogP contribution in [0.5, 0.6) is 0 Å². The van der Waals surface area contributed by atoms with Gasteiger partial charge in [0.05, 0.1) is 0 Å². The highest BCUT2D eigenvalue weighted by molar-refractivity contribution is 6.17. The third kappa shape index (κ3) is 9.23. The first-order chi connectivity index (χ1) is 9.86. The number of hydrogen-bond acceptors (Lipinski definition) is 1. The second kappa shape index (κ2) is 13.0. The molecule has 120 valence electrons. The normalized spacial score (nSPS) is 19.8. The fraction of sp³-hybridized carbons (Fsp3) is 1.00. The Hall–Kier alpha value is 0.250. The van der Waals surface area contributed by atoms with Crippen molar-refractivity contribution < 1.29 is 0 Å². The summed E-state index contributed by atoms with van der Waals surface area (Å²) >= 11 is 5.83. The van der Waals surface area contributed by atoms with Gasteiger partial charge in [0, 0.05) is 12.4 Å². The zero-order valence-electron chi connectivity index (χ0n) is 13.7. The lowest BCUT2D eigenvalue weighted by atomic mass is 10.1. The van der Waals surface area contributed by atoms with Crippen LogP contribution in [0.2, 0.25) is 0 Å². The molecule has 0 saturated carbocycles. The van der Waals surface area contributed by atoms with E-state index in [4.69, 9.17) is 11.6 Å². The van der Waals surface area contributed by atoms with E-state index in [1.165, 1.54) is 96.7 Å². The van der Waals surface area contributed by atoms with Gasteiger partial charge in [-0.2, -0.15) is 0 Å². The summed E-state index contributed by atoms with van der Waals surface area (Å²) in [5, 5.41) is 0. The molecule has 0 bridgehead atoms. The van der Waals surface area contributed by atoms with Gasteiger partial charge in [0.15, 0.2) is 0 Å². The molecule has 1 aliphatic heterocycles. The molecule has 0 aliphatic carbocycles. The summed E-state index contributed by atoms with van der Waals surface area (Å²) in [5.74, 6) is 1.73. The molecule has 0 aromatic heterocycles. The molecule has 0 amide bonds. The van der Waals surface area contributed by atoms with Gasteiger partial charge in [0.2, 0.25) is 0 Å². The van der Waals surface area contributed by atoms with E-state index in [0.717, 1.165) is 11.8 Å². The van der Waals surface area contributed by atoms with Gasteiger partial charge in [0.1, 0.15) is 0 Å². The lowest BCUT2D eigenvalue weighted by Crippen LogP contribution is -2.22. The topological polar surface area (TPSA) is 3.24 Å². The SMILES string of the molecule is CCCCCCCCCCCCN1CCC(CCCl)C1. The van der Waals surface area contributed by atoms with Crippen LogP contribution in [0.3, 0.4) is 0 Å². The highest BCUT2D eigenvalue weighted by Gasteiger charge is 2.20. The Morgan fingerprint density at radius 1 is 0.900 bits per heavy atom. The quantitative estimate of drug-likeness (QED) is 0.304. The number of likely N-dealkylation sites (tertiary alicyclic amines) is 1. The van der Waals surface area contributed by atoms with Crippen LogP contribution < -0.4 is 0 Å². The van der Waals surface area contributed by atoms with E-state index >= 15 is 0 Å². The minimum Gasteiger partial charge on any atom is -0.303 e. The maximum absolute atomic E-state index is 5.83. The fourth-order valence-electron chi connectivity index (χ4n) is 3.33. The summed E-state index contributed by atoms with van der Waals surface area (Å²) in [6, 6.07) is 0. The Bertz CT molecular complexity index is 208. The predicted molar refractivity (Wildman–Crippen MR) is 91.7 cm³/mol. The van der Waals surface area contributed by atoms with Crippen LogP contribution in [0.15, 0.2) is 0 Å². The Balaban J connectivity index is 1.79. The minimum absolute atomic E-state index is 0.844. The number of nitrogens with zero attached hydrogens (tertiary/aromatic N) is 1. The number of rotatable bonds is 13. The lowest BCUT2D eigenvalue weighted by Gasteiger charge is -2.15. The minimum atomic E-state index is 0.844. The highest BCUT2D eigenvalue weighted by atomic mass is 35.5. The summed E-state index contributed by atoms with van der Waals surface area (Å²) in [6.07, 6.45) is 17.0. The van der Waals surface area contributed by atoms with Gasteiger partial charge in [-0.05, 0) is 38.3 Å². The maximum atomic E-state index is 5.83. The van der Waals surface area contributed by atoms with Crippen molar-refractivity contribution in [2.45, 2.75) is 84.0 Å². The van der Waals surface area contributed by atoms with E-state index in [0.29, 0.717) is 0 Å². The Labute approximate surface area is 132 Å². The van der Waals surface area contributed by atoms with Crippen LogP contribution in [0, 0.1) is 5.92 Å². The van der Waals surface area contributed by atoms with Crippen molar-refractivity contribution in [2.75, 3.05) is 25.5 Å². The molecule has 0 N–H and O–H groups in total. The number of alkyl halides is 1. The molecule has 0 aromatic rings. The maximum Gasteiger partial charge on any atom is 0.0226 e. The third-order valence-electron chi connectivity index (χ3n) is 4.72. The van der Waals surface area contributed by atoms with Crippen LogP contribution in [-0.2, 0) is 0 Å². The van der Waals surface area contributed by atoms with Gasteiger partial charge in [-0.15, -0.1) is 11.6 Å². The van der Waals surface area contributed by atoms with E-state index < -0.39 is 0 Å². The van der Waals surface area contributed by atoms with Gasteiger partial charge in [-0.25, -0.2) is 0 Å². The summed E-state index contributed by atoms with van der Waals surface area (Å²) < 4.78 is 0. The molecule has 0 aromatic carbocycles. The van der Waals surface area contributed by atoms with E-state index in [9.17, 15) is 0 Å². The molecule has 0 radical (unpaired) electrons. The average Bonchev–Trinajstić information content (AvgIpc) is 2.89. The number of unbranched alkanes of at least 4 members (excludes halogenated alkanes) is 9. The van der Waals surface area contributed by atoms with Gasteiger partial charge < -0.3 is 4.90 Å². The molecule has 1 aliphatic rings. The van der Waals surface area contributed by atoms with Crippen molar-refractivity contribution in [3.63, 3.8) is 0 Å². The number of halogens is 1. The Morgan fingerprint density at radius 2 is 1.50 bits per heavy atom. The molecule has 1 unspecified atom stereocenters. The summed E-state index contributed by atoms with van der Waals surface area (Å²) in [7, 11) is 0. The van der Waals surface area contributed by atoms with Crippen molar-refractivity contribution in [3.8, 4) is 0 Å². The van der Waals surface area contributed by atoms with Gasteiger partial charge in [-0.1, -0.05) is 64.7 Å².